The second-order valence-electron chi connectivity index (χ2n) is 7.21. The smallest absolute Gasteiger partial charge is 0.310 e. The first-order chi connectivity index (χ1) is 11.9. The quantitative estimate of drug-likeness (QED) is 0.697. The molecule has 1 saturated heterocycles. The third kappa shape index (κ3) is 4.22. The van der Waals surface area contributed by atoms with Crippen molar-refractivity contribution in [3.05, 3.63) is 66.8 Å². The Morgan fingerprint density at radius 3 is 2.24 bits per heavy atom. The van der Waals surface area contributed by atoms with E-state index in [0.29, 0.717) is 0 Å². The van der Waals surface area contributed by atoms with Gasteiger partial charge in [-0.25, -0.2) is 0 Å². The topological polar surface area (TPSA) is 40.5 Å². The summed E-state index contributed by atoms with van der Waals surface area (Å²) < 4.78 is 0. The lowest BCUT2D eigenvalue weighted by Gasteiger charge is -2.33. The van der Waals surface area contributed by atoms with Gasteiger partial charge in [-0.3, -0.25) is 4.79 Å². The van der Waals surface area contributed by atoms with Gasteiger partial charge in [0, 0.05) is 24.7 Å². The van der Waals surface area contributed by atoms with Crippen molar-refractivity contribution in [1.82, 2.24) is 0 Å². The molecule has 1 aromatic carbocycles. The number of nitrogens with zero attached hydrogens (tertiary/aromatic N) is 1. The molecule has 3 nitrogen and oxygen atoms in total. The summed E-state index contributed by atoms with van der Waals surface area (Å²) in [4.78, 5) is 14.3. The number of aliphatic carboxylic acids is 1. The van der Waals surface area contributed by atoms with Crippen molar-refractivity contribution < 1.29 is 9.90 Å². The normalized spacial score (nSPS) is 17.0. The van der Waals surface area contributed by atoms with E-state index in [0.717, 1.165) is 24.2 Å². The van der Waals surface area contributed by atoms with E-state index in [-0.39, 0.29) is 5.92 Å². The molecular formula is C22H29NO2. The molecule has 0 amide bonds. The van der Waals surface area contributed by atoms with Gasteiger partial charge >= 0.3 is 5.97 Å². The molecule has 1 unspecified atom stereocenters. The van der Waals surface area contributed by atoms with Gasteiger partial charge in [-0.15, -0.1) is 0 Å². The zero-order chi connectivity index (χ0) is 18.4. The van der Waals surface area contributed by atoms with E-state index < -0.39 is 11.4 Å². The first kappa shape index (κ1) is 19.0. The second-order valence-corrected chi connectivity index (χ2v) is 7.21. The predicted molar refractivity (Wildman–Crippen MR) is 105 cm³/mol. The summed E-state index contributed by atoms with van der Waals surface area (Å²) in [6.07, 6.45) is 9.04. The molecule has 1 aliphatic rings. The number of hydrogen-bond donors (Lipinski definition) is 1. The zero-order valence-electron chi connectivity index (χ0n) is 15.4. The Kier molecular flexibility index (Phi) is 6.24. The molecule has 0 spiro atoms. The van der Waals surface area contributed by atoms with E-state index in [1.54, 1.807) is 26.0 Å². The maximum atomic E-state index is 11.9. The van der Waals surface area contributed by atoms with Crippen LogP contribution in [0, 0.1) is 5.41 Å². The summed E-state index contributed by atoms with van der Waals surface area (Å²) in [5, 5.41) is 9.75. The Morgan fingerprint density at radius 2 is 1.76 bits per heavy atom. The molecule has 1 N–H and O–H groups in total. The van der Waals surface area contributed by atoms with Crippen molar-refractivity contribution in [3.63, 3.8) is 0 Å². The van der Waals surface area contributed by atoms with Crippen molar-refractivity contribution in [3.8, 4) is 0 Å². The minimum Gasteiger partial charge on any atom is -0.481 e. The van der Waals surface area contributed by atoms with Gasteiger partial charge in [0.05, 0.1) is 5.41 Å². The van der Waals surface area contributed by atoms with Crippen LogP contribution in [-0.4, -0.2) is 24.2 Å². The molecule has 1 heterocycles. The van der Waals surface area contributed by atoms with Crippen LogP contribution in [0.25, 0.3) is 0 Å². The SMILES string of the molecule is C=C/C=C(\C=C)C(c1ccc(N2CCCCC2)cc1)C(C)(C)C(=O)O. The lowest BCUT2D eigenvalue weighted by atomic mass is 9.70. The Balaban J connectivity index is 2.40. The third-order valence-corrected chi connectivity index (χ3v) is 5.10. The maximum Gasteiger partial charge on any atom is 0.310 e. The number of anilines is 1. The molecular weight excluding hydrogens is 310 g/mol. The molecule has 134 valence electrons. The first-order valence-electron chi connectivity index (χ1n) is 8.95. The van der Waals surface area contributed by atoms with Gasteiger partial charge in [-0.05, 0) is 56.4 Å². The zero-order valence-corrected chi connectivity index (χ0v) is 15.4. The molecule has 1 fully saturated rings. The van der Waals surface area contributed by atoms with Crippen LogP contribution in [-0.2, 0) is 4.79 Å². The number of carboxylic acids is 1. The minimum atomic E-state index is -0.949. The first-order valence-corrected chi connectivity index (χ1v) is 8.95. The number of rotatable bonds is 7. The summed E-state index contributed by atoms with van der Waals surface area (Å²) >= 11 is 0. The molecule has 0 aliphatic carbocycles. The van der Waals surface area contributed by atoms with Crippen molar-refractivity contribution in [2.24, 2.45) is 5.41 Å². The Bertz CT molecular complexity index is 649. The maximum absolute atomic E-state index is 11.9. The molecule has 0 aromatic heterocycles. The Labute approximate surface area is 151 Å². The number of piperidine rings is 1. The number of benzene rings is 1. The molecule has 0 bridgehead atoms. The Hall–Kier alpha value is -2.29. The minimum absolute atomic E-state index is 0.282. The highest BCUT2D eigenvalue weighted by atomic mass is 16.4. The fourth-order valence-corrected chi connectivity index (χ4v) is 3.60. The van der Waals surface area contributed by atoms with Gasteiger partial charge in [-0.1, -0.05) is 43.5 Å². The van der Waals surface area contributed by atoms with Crippen LogP contribution in [0.5, 0.6) is 0 Å². The van der Waals surface area contributed by atoms with Crippen LogP contribution < -0.4 is 4.90 Å². The average Bonchev–Trinajstić information content (AvgIpc) is 2.62. The summed E-state index contributed by atoms with van der Waals surface area (Å²) in [6.45, 7) is 13.3. The van der Waals surface area contributed by atoms with E-state index in [9.17, 15) is 9.90 Å². The average molecular weight is 339 g/mol. The highest BCUT2D eigenvalue weighted by Crippen LogP contribution is 2.42. The molecule has 1 aromatic rings. The van der Waals surface area contributed by atoms with E-state index in [1.165, 1.54) is 24.9 Å². The van der Waals surface area contributed by atoms with E-state index in [4.69, 9.17) is 0 Å². The summed E-state index contributed by atoms with van der Waals surface area (Å²) in [5.74, 6) is -1.11. The lowest BCUT2D eigenvalue weighted by Crippen LogP contribution is -2.32. The van der Waals surface area contributed by atoms with E-state index >= 15 is 0 Å². The molecule has 2 rings (SSSR count). The summed E-state index contributed by atoms with van der Waals surface area (Å²) in [6, 6.07) is 8.33. The van der Waals surface area contributed by atoms with Crippen molar-refractivity contribution >= 4 is 11.7 Å². The van der Waals surface area contributed by atoms with Gasteiger partial charge in [0.15, 0.2) is 0 Å². The molecule has 0 saturated carbocycles. The summed E-state index contributed by atoms with van der Waals surface area (Å²) in [7, 11) is 0. The van der Waals surface area contributed by atoms with Crippen LogP contribution >= 0.6 is 0 Å². The fraction of sp³-hybridized carbons (Fsp3) is 0.409. The predicted octanol–water partition coefficient (Wildman–Crippen LogP) is 5.17. The van der Waals surface area contributed by atoms with Crippen LogP contribution in [0.4, 0.5) is 5.69 Å². The van der Waals surface area contributed by atoms with Crippen LogP contribution in [0.3, 0.4) is 0 Å². The lowest BCUT2D eigenvalue weighted by molar-refractivity contribution is -0.147. The largest absolute Gasteiger partial charge is 0.481 e. The number of allylic oxidation sites excluding steroid dienone is 4. The molecule has 3 heteroatoms. The second kappa shape index (κ2) is 8.19. The third-order valence-electron chi connectivity index (χ3n) is 5.10. The van der Waals surface area contributed by atoms with E-state index in [1.807, 2.05) is 6.08 Å². The number of carboxylic acid groups (broad SMARTS) is 1. The van der Waals surface area contributed by atoms with Gasteiger partial charge in [0.1, 0.15) is 0 Å². The molecule has 25 heavy (non-hydrogen) atoms. The van der Waals surface area contributed by atoms with Crippen LogP contribution in [0.1, 0.15) is 44.6 Å². The van der Waals surface area contributed by atoms with Gasteiger partial charge in [0.2, 0.25) is 0 Å². The van der Waals surface area contributed by atoms with E-state index in [2.05, 4.69) is 42.3 Å². The van der Waals surface area contributed by atoms with Crippen LogP contribution in [0.2, 0.25) is 0 Å². The standard InChI is InChI=1S/C22H29NO2/c1-5-10-17(6-2)20(22(3,4)21(24)25)18-11-13-19(14-12-18)23-15-8-7-9-16-23/h5-6,10-14,20H,1-2,7-9,15-16H2,3-4H3,(H,24,25)/b17-10+. The fourth-order valence-electron chi connectivity index (χ4n) is 3.60. The van der Waals surface area contributed by atoms with Crippen molar-refractivity contribution in [1.29, 1.82) is 0 Å². The number of hydrogen-bond acceptors (Lipinski definition) is 2. The van der Waals surface area contributed by atoms with Crippen molar-refractivity contribution in [2.45, 2.75) is 39.0 Å². The highest BCUT2D eigenvalue weighted by molar-refractivity contribution is 5.76. The summed E-state index contributed by atoms with van der Waals surface area (Å²) in [5.41, 5.74) is 2.12. The number of carbonyl (C=O) groups is 1. The molecule has 1 atom stereocenters. The van der Waals surface area contributed by atoms with Gasteiger partial charge in [0.25, 0.3) is 0 Å². The van der Waals surface area contributed by atoms with Gasteiger partial charge in [-0.2, -0.15) is 0 Å². The Morgan fingerprint density at radius 1 is 1.16 bits per heavy atom. The monoisotopic (exact) mass is 339 g/mol. The molecule has 1 aliphatic heterocycles. The highest BCUT2D eigenvalue weighted by Gasteiger charge is 2.39. The van der Waals surface area contributed by atoms with Crippen LogP contribution in [0.15, 0.2) is 61.2 Å². The van der Waals surface area contributed by atoms with Crippen molar-refractivity contribution in [2.75, 3.05) is 18.0 Å². The molecule has 0 radical (unpaired) electrons. The van der Waals surface area contributed by atoms with Gasteiger partial charge < -0.3 is 10.0 Å².